The van der Waals surface area contributed by atoms with Crippen LogP contribution >= 0.6 is 0 Å². The number of hydrogen-bond acceptors (Lipinski definition) is 3. The average Bonchev–Trinajstić information content (AvgIpc) is 2.87. The number of rotatable bonds is 3. The summed E-state index contributed by atoms with van der Waals surface area (Å²) in [6.45, 7) is 6.51. The monoisotopic (exact) mass is 291 g/mol. The van der Waals surface area contributed by atoms with Gasteiger partial charge in [-0.1, -0.05) is 0 Å². The Kier molecular flexibility index (Phi) is 3.78. The lowest BCUT2D eigenvalue weighted by Crippen LogP contribution is -2.53. The van der Waals surface area contributed by atoms with E-state index in [9.17, 15) is 4.79 Å². The molecule has 5 heteroatoms. The maximum atomic E-state index is 12.7. The van der Waals surface area contributed by atoms with E-state index in [1.165, 1.54) is 12.8 Å². The van der Waals surface area contributed by atoms with Gasteiger partial charge in [0.15, 0.2) is 0 Å². The van der Waals surface area contributed by atoms with Crippen molar-refractivity contribution in [2.45, 2.75) is 52.2 Å². The minimum absolute atomic E-state index is 0.135. The zero-order valence-corrected chi connectivity index (χ0v) is 13.3. The molecule has 1 spiro atoms. The standard InChI is InChI=1S/C16H25N3O2/c1-4-19-12(2)13(11-17-19)15(20)18-9-7-16(8-10-18)6-5-14(16)21-3/h11,14H,4-10H2,1-3H3. The zero-order chi connectivity index (χ0) is 15.0. The molecule has 0 bridgehead atoms. The van der Waals surface area contributed by atoms with E-state index < -0.39 is 0 Å². The van der Waals surface area contributed by atoms with E-state index in [-0.39, 0.29) is 5.91 Å². The van der Waals surface area contributed by atoms with Gasteiger partial charge in [0.25, 0.3) is 5.91 Å². The summed E-state index contributed by atoms with van der Waals surface area (Å²) in [7, 11) is 1.81. The second-order valence-corrected chi connectivity index (χ2v) is 6.38. The molecule has 1 amide bonds. The first-order valence-electron chi connectivity index (χ1n) is 7.96. The summed E-state index contributed by atoms with van der Waals surface area (Å²) in [5.74, 6) is 0.135. The van der Waals surface area contributed by atoms with E-state index >= 15 is 0 Å². The van der Waals surface area contributed by atoms with Gasteiger partial charge in [0.1, 0.15) is 0 Å². The number of aryl methyl sites for hydroxylation is 1. The predicted molar refractivity (Wildman–Crippen MR) is 80.2 cm³/mol. The summed E-state index contributed by atoms with van der Waals surface area (Å²) in [5.41, 5.74) is 2.07. The lowest BCUT2D eigenvalue weighted by atomic mass is 9.60. The Balaban J connectivity index is 1.66. The number of ether oxygens (including phenoxy) is 1. The van der Waals surface area contributed by atoms with Gasteiger partial charge < -0.3 is 9.64 Å². The van der Waals surface area contributed by atoms with Crippen LogP contribution in [0.3, 0.4) is 0 Å². The SMILES string of the molecule is CCn1ncc(C(=O)N2CCC3(CCC3OC)CC2)c1C. The zero-order valence-electron chi connectivity index (χ0n) is 13.3. The van der Waals surface area contributed by atoms with Crippen molar-refractivity contribution in [2.24, 2.45) is 5.41 Å². The van der Waals surface area contributed by atoms with Crippen molar-refractivity contribution in [3.8, 4) is 0 Å². The molecule has 3 rings (SSSR count). The number of hydrogen-bond donors (Lipinski definition) is 0. The van der Waals surface area contributed by atoms with Gasteiger partial charge in [0.05, 0.1) is 17.9 Å². The minimum Gasteiger partial charge on any atom is -0.381 e. The van der Waals surface area contributed by atoms with Gasteiger partial charge >= 0.3 is 0 Å². The van der Waals surface area contributed by atoms with E-state index in [1.807, 2.05) is 30.5 Å². The van der Waals surface area contributed by atoms with E-state index in [2.05, 4.69) is 5.10 Å². The normalized spacial score (nSPS) is 24.1. The fraction of sp³-hybridized carbons (Fsp3) is 0.750. The Morgan fingerprint density at radius 1 is 1.43 bits per heavy atom. The first-order chi connectivity index (χ1) is 10.1. The second-order valence-electron chi connectivity index (χ2n) is 6.38. The van der Waals surface area contributed by atoms with Crippen LogP contribution in [0.5, 0.6) is 0 Å². The van der Waals surface area contributed by atoms with Crippen molar-refractivity contribution in [1.29, 1.82) is 0 Å². The van der Waals surface area contributed by atoms with Gasteiger partial charge in [-0.3, -0.25) is 9.48 Å². The van der Waals surface area contributed by atoms with Crippen molar-refractivity contribution in [3.05, 3.63) is 17.5 Å². The lowest BCUT2D eigenvalue weighted by Gasteiger charge is -2.53. The third kappa shape index (κ3) is 2.27. The Hall–Kier alpha value is -1.36. The number of nitrogens with zero attached hydrogens (tertiary/aromatic N) is 3. The van der Waals surface area contributed by atoms with E-state index in [1.54, 1.807) is 6.20 Å². The first-order valence-corrected chi connectivity index (χ1v) is 7.96. The Morgan fingerprint density at radius 2 is 2.14 bits per heavy atom. The summed E-state index contributed by atoms with van der Waals surface area (Å²) in [6.07, 6.45) is 6.68. The quantitative estimate of drug-likeness (QED) is 0.858. The molecule has 1 saturated carbocycles. The van der Waals surface area contributed by atoms with Crippen molar-refractivity contribution < 1.29 is 9.53 Å². The molecular weight excluding hydrogens is 266 g/mol. The highest BCUT2D eigenvalue weighted by molar-refractivity contribution is 5.95. The number of likely N-dealkylation sites (tertiary alicyclic amines) is 1. The molecule has 1 aliphatic heterocycles. The highest BCUT2D eigenvalue weighted by Gasteiger charge is 2.49. The van der Waals surface area contributed by atoms with Crippen molar-refractivity contribution >= 4 is 5.91 Å². The van der Waals surface area contributed by atoms with Crippen molar-refractivity contribution in [1.82, 2.24) is 14.7 Å². The van der Waals surface area contributed by atoms with Crippen LogP contribution in [0.25, 0.3) is 0 Å². The highest BCUT2D eigenvalue weighted by Crippen LogP contribution is 2.50. The van der Waals surface area contributed by atoms with Crippen LogP contribution in [0.15, 0.2) is 6.20 Å². The Bertz CT molecular complexity index is 528. The van der Waals surface area contributed by atoms with Crippen LogP contribution in [-0.2, 0) is 11.3 Å². The molecule has 1 saturated heterocycles. The lowest BCUT2D eigenvalue weighted by molar-refractivity contribution is -0.116. The van der Waals surface area contributed by atoms with Gasteiger partial charge in [-0.25, -0.2) is 0 Å². The molecule has 116 valence electrons. The second kappa shape index (κ2) is 5.44. The molecule has 0 aromatic carbocycles. The van der Waals surface area contributed by atoms with Gasteiger partial charge in [0, 0.05) is 37.9 Å². The Morgan fingerprint density at radius 3 is 2.62 bits per heavy atom. The van der Waals surface area contributed by atoms with Gasteiger partial charge in [-0.05, 0) is 39.5 Å². The summed E-state index contributed by atoms with van der Waals surface area (Å²) in [6, 6.07) is 0. The molecule has 21 heavy (non-hydrogen) atoms. The fourth-order valence-electron chi connectivity index (χ4n) is 3.91. The highest BCUT2D eigenvalue weighted by atomic mass is 16.5. The molecule has 0 radical (unpaired) electrons. The molecule has 1 aromatic heterocycles. The topological polar surface area (TPSA) is 47.4 Å². The number of piperidine rings is 1. The van der Waals surface area contributed by atoms with Gasteiger partial charge in [-0.15, -0.1) is 0 Å². The molecule has 5 nitrogen and oxygen atoms in total. The Labute approximate surface area is 126 Å². The van der Waals surface area contributed by atoms with Crippen LogP contribution in [0.2, 0.25) is 0 Å². The third-order valence-corrected chi connectivity index (χ3v) is 5.55. The van der Waals surface area contributed by atoms with Gasteiger partial charge in [-0.2, -0.15) is 5.10 Å². The maximum absolute atomic E-state index is 12.7. The number of carbonyl (C=O) groups excluding carboxylic acids is 1. The summed E-state index contributed by atoms with van der Waals surface area (Å²) < 4.78 is 7.46. The van der Waals surface area contributed by atoms with Crippen LogP contribution < -0.4 is 0 Å². The maximum Gasteiger partial charge on any atom is 0.257 e. The van der Waals surface area contributed by atoms with E-state index in [0.717, 1.165) is 43.7 Å². The first kappa shape index (κ1) is 14.6. The van der Waals surface area contributed by atoms with E-state index in [4.69, 9.17) is 4.74 Å². The van der Waals surface area contributed by atoms with Crippen LogP contribution in [0, 0.1) is 12.3 Å². The van der Waals surface area contributed by atoms with Gasteiger partial charge in [0.2, 0.25) is 0 Å². The van der Waals surface area contributed by atoms with Crippen molar-refractivity contribution in [3.63, 3.8) is 0 Å². The van der Waals surface area contributed by atoms with Crippen molar-refractivity contribution in [2.75, 3.05) is 20.2 Å². The molecule has 2 fully saturated rings. The molecule has 1 aromatic rings. The summed E-state index contributed by atoms with van der Waals surface area (Å²) in [5, 5.41) is 4.28. The van der Waals surface area contributed by atoms with Crippen LogP contribution in [0.1, 0.15) is 48.7 Å². The average molecular weight is 291 g/mol. The predicted octanol–water partition coefficient (Wildman–Crippen LogP) is 2.24. The minimum atomic E-state index is 0.135. The smallest absolute Gasteiger partial charge is 0.257 e. The van der Waals surface area contributed by atoms with Crippen LogP contribution in [0.4, 0.5) is 0 Å². The number of carbonyl (C=O) groups is 1. The largest absolute Gasteiger partial charge is 0.381 e. The number of amides is 1. The molecule has 2 aliphatic rings. The fourth-order valence-corrected chi connectivity index (χ4v) is 3.91. The summed E-state index contributed by atoms with van der Waals surface area (Å²) >= 11 is 0. The molecule has 0 N–H and O–H groups in total. The summed E-state index contributed by atoms with van der Waals surface area (Å²) in [4.78, 5) is 14.6. The van der Waals surface area contributed by atoms with Crippen LogP contribution in [-0.4, -0.2) is 46.9 Å². The third-order valence-electron chi connectivity index (χ3n) is 5.55. The molecule has 1 atom stereocenters. The molecular formula is C16H25N3O2. The number of aromatic nitrogens is 2. The number of methoxy groups -OCH3 is 1. The molecule has 1 aliphatic carbocycles. The molecule has 2 heterocycles. The molecule has 1 unspecified atom stereocenters. The van der Waals surface area contributed by atoms with E-state index in [0.29, 0.717) is 11.5 Å².